The van der Waals surface area contributed by atoms with E-state index in [4.69, 9.17) is 9.47 Å². The van der Waals surface area contributed by atoms with Gasteiger partial charge in [-0.15, -0.1) is 0 Å². The summed E-state index contributed by atoms with van der Waals surface area (Å²) in [7, 11) is 0. The second-order valence-electron chi connectivity index (χ2n) is 7.26. The molecule has 10 heteroatoms. The molecule has 0 bridgehead atoms. The van der Waals surface area contributed by atoms with E-state index >= 15 is 0 Å². The summed E-state index contributed by atoms with van der Waals surface area (Å²) in [6, 6.07) is 9.29. The number of benzene rings is 2. The summed E-state index contributed by atoms with van der Waals surface area (Å²) < 4.78 is 11.0. The molecule has 2 aromatic rings. The number of aliphatic hydroxyl groups excluding tert-OH is 4. The van der Waals surface area contributed by atoms with Gasteiger partial charge in [-0.05, 0) is 29.8 Å². The van der Waals surface area contributed by atoms with Crippen LogP contribution in [-0.4, -0.2) is 84.9 Å². The van der Waals surface area contributed by atoms with Crippen LogP contribution in [0, 0.1) is 0 Å². The number of aromatic hydroxyl groups is 3. The first-order chi connectivity index (χ1) is 14.7. The molecule has 1 saturated heterocycles. The molecule has 3 rings (SSSR count). The van der Waals surface area contributed by atoms with E-state index in [-0.39, 0.29) is 23.5 Å². The number of aliphatic hydroxyl groups is 4. The third-order valence-electron chi connectivity index (χ3n) is 5.04. The van der Waals surface area contributed by atoms with Gasteiger partial charge in [0.1, 0.15) is 47.8 Å². The Bertz CT molecular complexity index is 898. The average Bonchev–Trinajstić information content (AvgIpc) is 2.74. The van der Waals surface area contributed by atoms with E-state index in [0.717, 1.165) is 6.07 Å². The van der Waals surface area contributed by atoms with Crippen molar-refractivity contribution in [2.45, 2.75) is 43.2 Å². The van der Waals surface area contributed by atoms with Crippen LogP contribution in [0.2, 0.25) is 0 Å². The van der Waals surface area contributed by atoms with Crippen molar-refractivity contribution in [2.75, 3.05) is 6.61 Å². The third-order valence-corrected chi connectivity index (χ3v) is 5.04. The van der Waals surface area contributed by atoms with E-state index < -0.39 is 54.9 Å². The molecule has 2 aromatic carbocycles. The molecule has 10 nitrogen and oxygen atoms in total. The van der Waals surface area contributed by atoms with E-state index in [1.165, 1.54) is 24.3 Å². The van der Waals surface area contributed by atoms with Gasteiger partial charge in [0.15, 0.2) is 12.1 Å². The van der Waals surface area contributed by atoms with Gasteiger partial charge in [0, 0.05) is 12.5 Å². The van der Waals surface area contributed by atoms with Crippen molar-refractivity contribution in [2.24, 2.45) is 0 Å². The number of ketones is 1. The fourth-order valence-electron chi connectivity index (χ4n) is 3.29. The number of hydrogen-bond donors (Lipinski definition) is 7. The molecule has 0 saturated carbocycles. The fraction of sp³-hybridized carbons (Fsp3) is 0.381. The number of Topliss-reactive ketones (excluding diaryl/α,β-unsaturated/α-hetero) is 1. The third kappa shape index (κ3) is 5.13. The highest BCUT2D eigenvalue weighted by Crippen LogP contribution is 2.28. The highest BCUT2D eigenvalue weighted by molar-refractivity contribution is 6.02. The maximum absolute atomic E-state index is 13.1. The Morgan fingerprint density at radius 1 is 0.935 bits per heavy atom. The van der Waals surface area contributed by atoms with Crippen LogP contribution < -0.4 is 0 Å². The maximum Gasteiger partial charge on any atom is 0.195 e. The van der Waals surface area contributed by atoms with Crippen molar-refractivity contribution in [3.8, 4) is 17.2 Å². The van der Waals surface area contributed by atoms with Crippen LogP contribution in [0.15, 0.2) is 42.5 Å². The minimum absolute atomic E-state index is 0.0117. The predicted octanol–water partition coefficient (Wildman–Crippen LogP) is -0.586. The molecular weight excluding hydrogens is 412 g/mol. The topological polar surface area (TPSA) is 177 Å². The molecule has 0 amide bonds. The number of ether oxygens (including phenoxy) is 2. The maximum atomic E-state index is 13.1. The van der Waals surface area contributed by atoms with E-state index in [0.29, 0.717) is 5.56 Å². The molecule has 0 spiro atoms. The van der Waals surface area contributed by atoms with Crippen LogP contribution in [0.5, 0.6) is 17.2 Å². The Morgan fingerprint density at radius 2 is 1.58 bits per heavy atom. The van der Waals surface area contributed by atoms with Crippen LogP contribution in [0.25, 0.3) is 0 Å². The fourth-order valence-corrected chi connectivity index (χ4v) is 3.29. The van der Waals surface area contributed by atoms with Crippen LogP contribution in [0.1, 0.15) is 15.9 Å². The van der Waals surface area contributed by atoms with Gasteiger partial charge in [-0.1, -0.05) is 12.1 Å². The number of phenols is 3. The summed E-state index contributed by atoms with van der Waals surface area (Å²) >= 11 is 0. The van der Waals surface area contributed by atoms with E-state index in [1.54, 1.807) is 12.1 Å². The van der Waals surface area contributed by atoms with Gasteiger partial charge < -0.3 is 45.2 Å². The quantitative estimate of drug-likeness (QED) is 0.278. The molecule has 1 unspecified atom stereocenters. The van der Waals surface area contributed by atoms with Gasteiger partial charge in [0.05, 0.1) is 12.2 Å². The highest BCUT2D eigenvalue weighted by atomic mass is 16.7. The lowest BCUT2D eigenvalue weighted by Gasteiger charge is -2.40. The van der Waals surface area contributed by atoms with E-state index in [1.807, 2.05) is 0 Å². The molecule has 7 N–H and O–H groups in total. The van der Waals surface area contributed by atoms with Gasteiger partial charge >= 0.3 is 0 Å². The summed E-state index contributed by atoms with van der Waals surface area (Å²) in [5.41, 5.74) is 0.408. The van der Waals surface area contributed by atoms with Gasteiger partial charge in [0.2, 0.25) is 0 Å². The molecule has 0 aromatic heterocycles. The second kappa shape index (κ2) is 9.60. The summed E-state index contributed by atoms with van der Waals surface area (Å²) in [4.78, 5) is 13.1. The molecule has 1 fully saturated rings. The van der Waals surface area contributed by atoms with E-state index in [2.05, 4.69) is 0 Å². The standard InChI is InChI=1S/C21H24O10/c22-9-16-18(27)19(28)20(29)21(31-16)30-15(7-10-1-3-11(23)4-2-10)17(26)13-6-5-12(24)8-14(13)25/h1-6,8,15-16,18-25,27-29H,7,9H2/t15?,16-,18-,19+,20-,21-/m1/s1. The molecular formula is C21H24O10. The molecule has 168 valence electrons. The largest absolute Gasteiger partial charge is 0.508 e. The van der Waals surface area contributed by atoms with Crippen molar-refractivity contribution in [3.63, 3.8) is 0 Å². The Hall–Kier alpha value is -2.73. The molecule has 0 radical (unpaired) electrons. The van der Waals surface area contributed by atoms with Gasteiger partial charge in [-0.3, -0.25) is 4.79 Å². The molecule has 0 aliphatic carbocycles. The minimum atomic E-state index is -1.72. The monoisotopic (exact) mass is 436 g/mol. The van der Waals surface area contributed by atoms with Gasteiger partial charge in [0.25, 0.3) is 0 Å². The van der Waals surface area contributed by atoms with Crippen LogP contribution in [-0.2, 0) is 15.9 Å². The minimum Gasteiger partial charge on any atom is -0.508 e. The number of rotatable bonds is 7. The van der Waals surface area contributed by atoms with Crippen molar-refractivity contribution in [3.05, 3.63) is 53.6 Å². The summed E-state index contributed by atoms with van der Waals surface area (Å²) in [6.07, 6.45) is -9.19. The Balaban J connectivity index is 1.89. The summed E-state index contributed by atoms with van der Waals surface area (Å²) in [5, 5.41) is 68.5. The molecule has 1 heterocycles. The first-order valence-electron chi connectivity index (χ1n) is 9.51. The predicted molar refractivity (Wildman–Crippen MR) is 105 cm³/mol. The smallest absolute Gasteiger partial charge is 0.195 e. The molecule has 6 atom stereocenters. The van der Waals surface area contributed by atoms with Crippen molar-refractivity contribution in [1.82, 2.24) is 0 Å². The van der Waals surface area contributed by atoms with Crippen LogP contribution >= 0.6 is 0 Å². The Morgan fingerprint density at radius 3 is 2.19 bits per heavy atom. The zero-order valence-corrected chi connectivity index (χ0v) is 16.3. The normalized spacial score (nSPS) is 27.0. The Kier molecular flexibility index (Phi) is 7.11. The number of carbonyl (C=O) groups excluding carboxylic acids is 1. The summed E-state index contributed by atoms with van der Waals surface area (Å²) in [5.74, 6) is -1.43. The number of phenolic OH excluding ortho intramolecular Hbond substituents is 3. The Labute approximate surface area is 177 Å². The highest BCUT2D eigenvalue weighted by Gasteiger charge is 2.45. The first-order valence-corrected chi connectivity index (χ1v) is 9.51. The number of hydrogen-bond acceptors (Lipinski definition) is 10. The molecule has 1 aliphatic heterocycles. The van der Waals surface area contributed by atoms with Gasteiger partial charge in [-0.2, -0.15) is 0 Å². The lowest BCUT2D eigenvalue weighted by Crippen LogP contribution is -2.60. The number of carbonyl (C=O) groups is 1. The summed E-state index contributed by atoms with van der Waals surface area (Å²) in [6.45, 7) is -0.667. The molecule has 31 heavy (non-hydrogen) atoms. The van der Waals surface area contributed by atoms with Crippen molar-refractivity contribution in [1.29, 1.82) is 0 Å². The zero-order valence-electron chi connectivity index (χ0n) is 16.3. The van der Waals surface area contributed by atoms with Crippen molar-refractivity contribution >= 4 is 5.78 Å². The average molecular weight is 436 g/mol. The molecule has 1 aliphatic rings. The second-order valence-corrected chi connectivity index (χ2v) is 7.26. The zero-order chi connectivity index (χ0) is 22.7. The van der Waals surface area contributed by atoms with Crippen LogP contribution in [0.4, 0.5) is 0 Å². The van der Waals surface area contributed by atoms with Gasteiger partial charge in [-0.25, -0.2) is 0 Å². The van der Waals surface area contributed by atoms with E-state index in [9.17, 15) is 40.5 Å². The first kappa shape index (κ1) is 22.9. The lowest BCUT2D eigenvalue weighted by atomic mass is 9.97. The SMILES string of the molecule is O=C(c1ccc(O)cc1O)C(Cc1ccc(O)cc1)O[C@@H]1O[C@H](CO)[C@@H](O)[C@H](O)[C@H]1O. The van der Waals surface area contributed by atoms with Crippen molar-refractivity contribution < 1.29 is 50.0 Å². The lowest BCUT2D eigenvalue weighted by molar-refractivity contribution is -0.306. The van der Waals surface area contributed by atoms with Crippen LogP contribution in [0.3, 0.4) is 0 Å².